The highest BCUT2D eigenvalue weighted by Crippen LogP contribution is 2.48. The van der Waals surface area contributed by atoms with E-state index in [2.05, 4.69) is 11.3 Å². The van der Waals surface area contributed by atoms with Gasteiger partial charge in [0.15, 0.2) is 6.61 Å². The maximum atomic E-state index is 13.2. The number of carbonyl (C=O) groups is 2. The van der Waals surface area contributed by atoms with E-state index in [9.17, 15) is 44.7 Å². The molecule has 0 fully saturated rings. The third kappa shape index (κ3) is 6.98. The van der Waals surface area contributed by atoms with E-state index >= 15 is 0 Å². The molecular weight excluding hydrogens is 396 g/mol. The number of rotatable bonds is 12. The molecule has 0 rings (SSSR count). The van der Waals surface area contributed by atoms with Gasteiger partial charge in [0.25, 0.3) is 0 Å². The third-order valence-electron chi connectivity index (χ3n) is 3.16. The lowest BCUT2D eigenvalue weighted by Gasteiger charge is -2.31. The lowest BCUT2D eigenvalue weighted by atomic mass is 10.1. The fourth-order valence-electron chi connectivity index (χ4n) is 1.66. The minimum Gasteiger partial charge on any atom is -0.462 e. The number of esters is 2. The van der Waals surface area contributed by atoms with Gasteiger partial charge in [-0.15, -0.1) is 6.58 Å². The van der Waals surface area contributed by atoms with E-state index < -0.39 is 55.3 Å². The molecule has 0 N–H and O–H groups in total. The molecule has 0 aliphatic rings. The zero-order valence-electron chi connectivity index (χ0n) is 14.1. The van der Waals surface area contributed by atoms with Crippen molar-refractivity contribution < 1.29 is 54.2 Å². The average Bonchev–Trinajstić information content (AvgIpc) is 2.52. The summed E-state index contributed by atoms with van der Waals surface area (Å²) >= 11 is 0. The van der Waals surface area contributed by atoms with E-state index in [-0.39, 0.29) is 12.8 Å². The molecule has 0 radical (unpaired) electrons. The van der Waals surface area contributed by atoms with Crippen LogP contribution in [0.2, 0.25) is 0 Å². The molecule has 0 amide bonds. The van der Waals surface area contributed by atoms with E-state index in [4.69, 9.17) is 4.74 Å². The predicted octanol–water partition coefficient (Wildman–Crippen LogP) is 4.38. The Morgan fingerprint density at radius 2 is 1.56 bits per heavy atom. The Balaban J connectivity index is 4.48. The topological polar surface area (TPSA) is 52.6 Å². The van der Waals surface area contributed by atoms with Crippen molar-refractivity contribution >= 4 is 11.9 Å². The lowest BCUT2D eigenvalue weighted by Crippen LogP contribution is -2.59. The molecule has 4 nitrogen and oxygen atoms in total. The monoisotopic (exact) mass is 414 g/mol. The Hall–Kier alpha value is -1.88. The molecule has 0 spiro atoms. The Morgan fingerprint density at radius 3 is 2.04 bits per heavy atom. The van der Waals surface area contributed by atoms with Crippen molar-refractivity contribution in [3.05, 3.63) is 12.7 Å². The molecule has 1 unspecified atom stereocenters. The number of alkyl halides is 8. The number of hydrogen-bond donors (Lipinski definition) is 0. The van der Waals surface area contributed by atoms with Crippen molar-refractivity contribution in [2.45, 2.75) is 62.9 Å². The molecule has 0 heterocycles. The van der Waals surface area contributed by atoms with Gasteiger partial charge >= 0.3 is 36.1 Å². The minimum absolute atomic E-state index is 0.256. The number of hydrogen-bond acceptors (Lipinski definition) is 4. The first-order valence-electron chi connectivity index (χ1n) is 7.56. The van der Waals surface area contributed by atoms with Crippen LogP contribution in [0.3, 0.4) is 0 Å². The highest BCUT2D eigenvalue weighted by Gasteiger charge is 2.75. The average molecular weight is 414 g/mol. The Morgan fingerprint density at radius 1 is 1.04 bits per heavy atom. The first kappa shape index (κ1) is 25.1. The molecule has 0 aromatic heterocycles. The van der Waals surface area contributed by atoms with Gasteiger partial charge in [-0.3, -0.25) is 9.59 Å². The smallest absolute Gasteiger partial charge is 0.381 e. The molecular formula is C15H18F8O4. The van der Waals surface area contributed by atoms with Crippen molar-refractivity contribution in [2.75, 3.05) is 6.61 Å². The summed E-state index contributed by atoms with van der Waals surface area (Å²) in [7, 11) is 0. The van der Waals surface area contributed by atoms with Gasteiger partial charge in [-0.05, 0) is 13.3 Å². The summed E-state index contributed by atoms with van der Waals surface area (Å²) in [4.78, 5) is 22.6. The van der Waals surface area contributed by atoms with Crippen LogP contribution in [0.25, 0.3) is 0 Å². The molecule has 27 heavy (non-hydrogen) atoms. The predicted molar refractivity (Wildman–Crippen MR) is 76.0 cm³/mol. The molecule has 0 aromatic rings. The van der Waals surface area contributed by atoms with Crippen molar-refractivity contribution in [1.82, 2.24) is 0 Å². The van der Waals surface area contributed by atoms with Gasteiger partial charge in [-0.2, -0.15) is 26.3 Å². The fraction of sp³-hybridized carbons (Fsp3) is 0.733. The standard InChI is InChI=1S/C15H18F8O4/c1-3-5-9(2)27-11(25)7-4-6-10(24)26-8-13(18,19)15(22,23)14(20,21)12(16)17/h3,9,12H,1,4-8H2,2H3. The fourth-order valence-corrected chi connectivity index (χ4v) is 1.66. The summed E-state index contributed by atoms with van der Waals surface area (Å²) in [6.45, 7) is 2.45. The molecule has 158 valence electrons. The van der Waals surface area contributed by atoms with Crippen molar-refractivity contribution in [2.24, 2.45) is 0 Å². The number of carbonyl (C=O) groups excluding carboxylic acids is 2. The molecule has 1 atom stereocenters. The molecule has 0 aromatic carbocycles. The number of halogens is 8. The van der Waals surface area contributed by atoms with Crippen molar-refractivity contribution in [1.29, 1.82) is 0 Å². The van der Waals surface area contributed by atoms with Crippen LogP contribution in [0.5, 0.6) is 0 Å². The normalized spacial score (nSPS) is 14.0. The summed E-state index contributed by atoms with van der Waals surface area (Å²) < 4.78 is 110. The second-order valence-corrected chi connectivity index (χ2v) is 5.54. The molecule has 0 saturated heterocycles. The summed E-state index contributed by atoms with van der Waals surface area (Å²) in [5.41, 5.74) is 0. The van der Waals surface area contributed by atoms with Crippen LogP contribution in [0, 0.1) is 0 Å². The van der Waals surface area contributed by atoms with Gasteiger partial charge in [0.1, 0.15) is 6.10 Å². The quantitative estimate of drug-likeness (QED) is 0.270. The highest BCUT2D eigenvalue weighted by atomic mass is 19.4. The molecule has 0 saturated carbocycles. The lowest BCUT2D eigenvalue weighted by molar-refractivity contribution is -0.344. The van der Waals surface area contributed by atoms with E-state index in [1.807, 2.05) is 0 Å². The van der Waals surface area contributed by atoms with Crippen molar-refractivity contribution in [3.8, 4) is 0 Å². The maximum Gasteiger partial charge on any atom is 0.381 e. The third-order valence-corrected chi connectivity index (χ3v) is 3.16. The summed E-state index contributed by atoms with van der Waals surface area (Å²) in [6, 6.07) is 0. The van der Waals surface area contributed by atoms with Gasteiger partial charge < -0.3 is 9.47 Å². The van der Waals surface area contributed by atoms with Gasteiger partial charge in [-0.1, -0.05) is 6.08 Å². The second-order valence-electron chi connectivity index (χ2n) is 5.54. The van der Waals surface area contributed by atoms with Gasteiger partial charge in [0, 0.05) is 19.3 Å². The molecule has 0 aliphatic heterocycles. The van der Waals surface area contributed by atoms with E-state index in [1.54, 1.807) is 6.92 Å². The largest absolute Gasteiger partial charge is 0.462 e. The van der Waals surface area contributed by atoms with Crippen molar-refractivity contribution in [3.63, 3.8) is 0 Å². The zero-order valence-corrected chi connectivity index (χ0v) is 14.1. The molecule has 0 aliphatic carbocycles. The van der Waals surface area contributed by atoms with Crippen LogP contribution >= 0.6 is 0 Å². The summed E-state index contributed by atoms with van der Waals surface area (Å²) in [6.07, 6.45) is -4.95. The Labute approximate surface area is 149 Å². The number of ether oxygens (including phenoxy) is 2. The zero-order chi connectivity index (χ0) is 21.5. The molecule has 0 bridgehead atoms. The van der Waals surface area contributed by atoms with E-state index in [0.29, 0.717) is 6.42 Å². The minimum atomic E-state index is -6.44. The Kier molecular flexibility index (Phi) is 9.19. The van der Waals surface area contributed by atoms with Crippen LogP contribution in [-0.4, -0.2) is 48.8 Å². The SMILES string of the molecule is C=CCC(C)OC(=O)CCCC(=O)OCC(F)(F)C(F)(F)C(F)(F)C(F)F. The van der Waals surface area contributed by atoms with E-state index in [1.165, 1.54) is 6.08 Å². The second kappa shape index (κ2) is 9.88. The first-order chi connectivity index (χ1) is 12.2. The van der Waals surface area contributed by atoms with Crippen LogP contribution in [0.15, 0.2) is 12.7 Å². The highest BCUT2D eigenvalue weighted by molar-refractivity contribution is 5.72. The van der Waals surface area contributed by atoms with Gasteiger partial charge in [0.05, 0.1) is 0 Å². The summed E-state index contributed by atoms with van der Waals surface area (Å²) in [5.74, 6) is -20.7. The Bertz CT molecular complexity index is 522. The first-order valence-corrected chi connectivity index (χ1v) is 7.56. The summed E-state index contributed by atoms with van der Waals surface area (Å²) in [5, 5.41) is 0. The van der Waals surface area contributed by atoms with Crippen LogP contribution in [-0.2, 0) is 19.1 Å². The van der Waals surface area contributed by atoms with Crippen LogP contribution in [0.1, 0.15) is 32.6 Å². The van der Waals surface area contributed by atoms with E-state index in [0.717, 1.165) is 0 Å². The molecule has 12 heteroatoms. The maximum absolute atomic E-state index is 13.2. The van der Waals surface area contributed by atoms with Crippen LogP contribution < -0.4 is 0 Å². The van der Waals surface area contributed by atoms with Gasteiger partial charge in [-0.25, -0.2) is 8.78 Å². The van der Waals surface area contributed by atoms with Crippen LogP contribution in [0.4, 0.5) is 35.1 Å². The van der Waals surface area contributed by atoms with Gasteiger partial charge in [0.2, 0.25) is 0 Å².